The molecule has 1 fully saturated rings. The van der Waals surface area contributed by atoms with Gasteiger partial charge in [-0.05, 0) is 18.9 Å². The zero-order chi connectivity index (χ0) is 17.3. The van der Waals surface area contributed by atoms with E-state index in [1.807, 2.05) is 13.8 Å². The highest BCUT2D eigenvalue weighted by atomic mass is 16.5. The lowest BCUT2D eigenvalue weighted by atomic mass is 9.96. The van der Waals surface area contributed by atoms with Crippen LogP contribution >= 0.6 is 0 Å². The quantitative estimate of drug-likeness (QED) is 0.859. The summed E-state index contributed by atoms with van der Waals surface area (Å²) < 4.78 is 6.73. The molecule has 7 nitrogen and oxygen atoms in total. The van der Waals surface area contributed by atoms with E-state index >= 15 is 0 Å². The summed E-state index contributed by atoms with van der Waals surface area (Å²) in [6, 6.07) is 3.07. The number of hydrogen-bond acceptors (Lipinski definition) is 5. The molecule has 0 saturated carbocycles. The highest BCUT2D eigenvalue weighted by Crippen LogP contribution is 2.26. The molecule has 1 atom stereocenters. The molecule has 0 bridgehead atoms. The largest absolute Gasteiger partial charge is 0.339 e. The van der Waals surface area contributed by atoms with Crippen molar-refractivity contribution in [2.75, 3.05) is 13.1 Å². The van der Waals surface area contributed by atoms with Crippen LogP contribution in [0.5, 0.6) is 0 Å². The molecule has 7 heteroatoms. The topological polar surface area (TPSA) is 81.2 Å². The van der Waals surface area contributed by atoms with Crippen LogP contribution in [0.15, 0.2) is 27.6 Å². The molecule has 0 aliphatic carbocycles. The molecular formula is C17H22N4O3. The van der Waals surface area contributed by atoms with E-state index < -0.39 is 0 Å². The van der Waals surface area contributed by atoms with Crippen molar-refractivity contribution in [1.29, 1.82) is 0 Å². The van der Waals surface area contributed by atoms with Crippen LogP contribution in [0, 0.1) is 0 Å². The van der Waals surface area contributed by atoms with Crippen molar-refractivity contribution in [3.8, 4) is 0 Å². The molecule has 1 aliphatic heterocycles. The highest BCUT2D eigenvalue weighted by molar-refractivity contribution is 5.94. The van der Waals surface area contributed by atoms with Crippen LogP contribution in [0.2, 0.25) is 0 Å². The van der Waals surface area contributed by atoms with Crippen molar-refractivity contribution in [3.05, 3.63) is 46.0 Å². The zero-order valence-electron chi connectivity index (χ0n) is 14.2. The number of amides is 1. The van der Waals surface area contributed by atoms with Crippen molar-refractivity contribution in [2.24, 2.45) is 7.05 Å². The first-order valence-electron chi connectivity index (χ1n) is 8.25. The van der Waals surface area contributed by atoms with Gasteiger partial charge in [0.25, 0.3) is 11.5 Å². The van der Waals surface area contributed by atoms with Crippen LogP contribution < -0.4 is 5.56 Å². The van der Waals surface area contributed by atoms with Crippen LogP contribution in [-0.2, 0) is 7.05 Å². The second kappa shape index (κ2) is 6.59. The van der Waals surface area contributed by atoms with Gasteiger partial charge in [-0.25, -0.2) is 0 Å². The Labute approximate surface area is 140 Å². The first kappa shape index (κ1) is 16.4. The summed E-state index contributed by atoms with van der Waals surface area (Å²) in [6.07, 6.45) is 3.43. The van der Waals surface area contributed by atoms with Crippen LogP contribution in [0.3, 0.4) is 0 Å². The summed E-state index contributed by atoms with van der Waals surface area (Å²) in [5.74, 6) is 1.43. The Hall–Kier alpha value is -2.44. The molecule has 128 valence electrons. The van der Waals surface area contributed by atoms with E-state index in [0.29, 0.717) is 30.4 Å². The smallest absolute Gasteiger partial charge is 0.254 e. The van der Waals surface area contributed by atoms with Crippen LogP contribution in [0.25, 0.3) is 0 Å². The number of aromatic nitrogens is 3. The maximum atomic E-state index is 12.7. The number of carbonyl (C=O) groups is 1. The standard InChI is InChI=1S/C17H22N4O3/c1-11(2)16-18-15(19-24-16)13-5-4-7-21(10-13)17(23)12-6-8-20(3)14(22)9-12/h6,8-9,11,13H,4-5,7,10H2,1-3H3/t13-/m1/s1. The van der Waals surface area contributed by atoms with Gasteiger partial charge >= 0.3 is 0 Å². The first-order valence-corrected chi connectivity index (χ1v) is 8.25. The summed E-state index contributed by atoms with van der Waals surface area (Å²) in [5, 5.41) is 4.08. The van der Waals surface area contributed by atoms with Crippen molar-refractivity contribution < 1.29 is 9.32 Å². The van der Waals surface area contributed by atoms with Gasteiger partial charge in [0.2, 0.25) is 5.89 Å². The Balaban J connectivity index is 1.75. The molecule has 24 heavy (non-hydrogen) atoms. The Morgan fingerprint density at radius 3 is 2.88 bits per heavy atom. The van der Waals surface area contributed by atoms with E-state index in [-0.39, 0.29) is 23.3 Å². The predicted molar refractivity (Wildman–Crippen MR) is 87.9 cm³/mol. The Morgan fingerprint density at radius 1 is 1.42 bits per heavy atom. The average molecular weight is 330 g/mol. The maximum Gasteiger partial charge on any atom is 0.254 e. The number of piperidine rings is 1. The summed E-state index contributed by atoms with van der Waals surface area (Å²) in [7, 11) is 1.66. The van der Waals surface area contributed by atoms with E-state index in [1.54, 1.807) is 24.2 Å². The third-order valence-corrected chi connectivity index (χ3v) is 4.38. The van der Waals surface area contributed by atoms with Gasteiger partial charge < -0.3 is 14.0 Å². The maximum absolute atomic E-state index is 12.7. The predicted octanol–water partition coefficient (Wildman–Crippen LogP) is 1.91. The van der Waals surface area contributed by atoms with Gasteiger partial charge in [0, 0.05) is 49.8 Å². The SMILES string of the molecule is CC(C)c1nc([C@@H]2CCCN(C(=O)c3ccn(C)c(=O)c3)C2)no1. The second-order valence-electron chi connectivity index (χ2n) is 6.60. The average Bonchev–Trinajstić information content (AvgIpc) is 3.07. The van der Waals surface area contributed by atoms with Crippen LogP contribution in [0.1, 0.15) is 60.6 Å². The minimum absolute atomic E-state index is 0.0745. The molecule has 0 radical (unpaired) electrons. The number of pyridine rings is 1. The summed E-state index contributed by atoms with van der Waals surface area (Å²) in [6.45, 7) is 5.23. The van der Waals surface area contributed by atoms with Gasteiger partial charge in [-0.2, -0.15) is 4.98 Å². The highest BCUT2D eigenvalue weighted by Gasteiger charge is 2.29. The number of likely N-dealkylation sites (tertiary alicyclic amines) is 1. The van der Waals surface area contributed by atoms with Gasteiger partial charge in [0.05, 0.1) is 0 Å². The summed E-state index contributed by atoms with van der Waals surface area (Å²) >= 11 is 0. The molecule has 0 aromatic carbocycles. The number of carbonyl (C=O) groups excluding carboxylic acids is 1. The van der Waals surface area contributed by atoms with Gasteiger partial charge in [-0.3, -0.25) is 9.59 Å². The fourth-order valence-corrected chi connectivity index (χ4v) is 2.88. The van der Waals surface area contributed by atoms with Crippen LogP contribution in [-0.4, -0.2) is 38.6 Å². The minimum atomic E-state index is -0.186. The van der Waals surface area contributed by atoms with E-state index in [2.05, 4.69) is 10.1 Å². The minimum Gasteiger partial charge on any atom is -0.339 e. The monoisotopic (exact) mass is 330 g/mol. The van der Waals surface area contributed by atoms with Gasteiger partial charge in [0.15, 0.2) is 5.82 Å². The Kier molecular flexibility index (Phi) is 4.51. The lowest BCUT2D eigenvalue weighted by molar-refractivity contribution is 0.0703. The Morgan fingerprint density at radius 2 is 2.21 bits per heavy atom. The van der Waals surface area contributed by atoms with E-state index in [1.165, 1.54) is 10.6 Å². The molecule has 0 unspecified atom stereocenters. The second-order valence-corrected chi connectivity index (χ2v) is 6.60. The zero-order valence-corrected chi connectivity index (χ0v) is 14.2. The number of aryl methyl sites for hydroxylation is 1. The van der Waals surface area contributed by atoms with Gasteiger partial charge in [-0.15, -0.1) is 0 Å². The first-order chi connectivity index (χ1) is 11.5. The number of hydrogen-bond donors (Lipinski definition) is 0. The lowest BCUT2D eigenvalue weighted by Gasteiger charge is -2.31. The van der Waals surface area contributed by atoms with Crippen molar-refractivity contribution in [3.63, 3.8) is 0 Å². The fraction of sp³-hybridized carbons (Fsp3) is 0.529. The molecule has 2 aromatic heterocycles. The fourth-order valence-electron chi connectivity index (χ4n) is 2.88. The van der Waals surface area contributed by atoms with Gasteiger partial charge in [0.1, 0.15) is 0 Å². The Bertz CT molecular complexity index is 793. The molecule has 1 aliphatic rings. The van der Waals surface area contributed by atoms with E-state index in [9.17, 15) is 9.59 Å². The van der Waals surface area contributed by atoms with Gasteiger partial charge in [-0.1, -0.05) is 19.0 Å². The molecule has 3 rings (SSSR count). The molecule has 3 heterocycles. The molecule has 1 amide bonds. The van der Waals surface area contributed by atoms with Crippen molar-refractivity contribution in [1.82, 2.24) is 19.6 Å². The molecular weight excluding hydrogens is 308 g/mol. The number of rotatable bonds is 3. The molecule has 0 spiro atoms. The molecule has 1 saturated heterocycles. The van der Waals surface area contributed by atoms with E-state index in [4.69, 9.17) is 4.52 Å². The number of nitrogens with zero attached hydrogens (tertiary/aromatic N) is 4. The third-order valence-electron chi connectivity index (χ3n) is 4.38. The lowest BCUT2D eigenvalue weighted by Crippen LogP contribution is -2.39. The summed E-state index contributed by atoms with van der Waals surface area (Å²) in [4.78, 5) is 30.6. The van der Waals surface area contributed by atoms with Crippen molar-refractivity contribution >= 4 is 5.91 Å². The van der Waals surface area contributed by atoms with Crippen molar-refractivity contribution in [2.45, 2.75) is 38.5 Å². The molecule has 0 N–H and O–H groups in total. The van der Waals surface area contributed by atoms with Crippen LogP contribution in [0.4, 0.5) is 0 Å². The van der Waals surface area contributed by atoms with E-state index in [0.717, 1.165) is 12.8 Å². The summed E-state index contributed by atoms with van der Waals surface area (Å²) in [5.41, 5.74) is 0.240. The molecule has 2 aromatic rings. The normalized spacial score (nSPS) is 18.2. The third kappa shape index (κ3) is 3.25.